The molecule has 1 N–H and O–H groups in total. The second-order valence-electron chi connectivity index (χ2n) is 6.66. The Kier molecular flexibility index (Phi) is 5.00. The maximum atomic E-state index is 5.94. The molecular formula is C17H26N4O2. The number of rotatable bonds is 4. The maximum absolute atomic E-state index is 5.94. The van der Waals surface area contributed by atoms with Crippen molar-refractivity contribution in [1.82, 2.24) is 15.2 Å². The zero-order chi connectivity index (χ0) is 16.1. The number of guanidine groups is 1. The predicted octanol–water partition coefficient (Wildman–Crippen LogP) is 1.54. The van der Waals surface area contributed by atoms with Crippen LogP contribution in [0.2, 0.25) is 0 Å². The highest BCUT2D eigenvalue weighted by Gasteiger charge is 2.31. The molecule has 2 atom stereocenters. The van der Waals surface area contributed by atoms with Gasteiger partial charge >= 0.3 is 0 Å². The lowest BCUT2D eigenvalue weighted by atomic mass is 9.90. The van der Waals surface area contributed by atoms with Crippen LogP contribution in [-0.4, -0.2) is 61.8 Å². The second kappa shape index (κ2) is 7.17. The zero-order valence-electron chi connectivity index (χ0n) is 14.0. The fraction of sp³-hybridized carbons (Fsp3) is 0.647. The number of nitrogens with one attached hydrogen (secondary N) is 1. The van der Waals surface area contributed by atoms with E-state index < -0.39 is 0 Å². The first-order valence-electron chi connectivity index (χ1n) is 8.30. The van der Waals surface area contributed by atoms with Gasteiger partial charge in [-0.15, -0.1) is 0 Å². The average Bonchev–Trinajstić information content (AvgIpc) is 3.19. The molecule has 0 spiro atoms. The van der Waals surface area contributed by atoms with E-state index >= 15 is 0 Å². The van der Waals surface area contributed by atoms with Gasteiger partial charge in [0.15, 0.2) is 5.96 Å². The third-order valence-corrected chi connectivity index (χ3v) is 4.56. The van der Waals surface area contributed by atoms with Crippen LogP contribution in [0.3, 0.4) is 0 Å². The highest BCUT2D eigenvalue weighted by Crippen LogP contribution is 2.26. The smallest absolute Gasteiger partial charge is 0.213 e. The molecule has 3 heterocycles. The molecule has 0 bridgehead atoms. The number of aliphatic imine (C=N–C) groups is 1. The third-order valence-electron chi connectivity index (χ3n) is 4.56. The molecule has 0 aromatic carbocycles. The number of likely N-dealkylation sites (tertiary alicyclic amines) is 1. The van der Waals surface area contributed by atoms with Crippen LogP contribution >= 0.6 is 0 Å². The molecule has 0 radical (unpaired) electrons. The highest BCUT2D eigenvalue weighted by atomic mass is 16.5. The first-order valence-corrected chi connectivity index (χ1v) is 8.30. The summed E-state index contributed by atoms with van der Waals surface area (Å²) in [6.45, 7) is 6.62. The standard InChI is InChI=1S/C17H26N4O2/c1-17(7-10-22-13-17)12-20-16(18-2)21-9-6-14(11-21)23-15-5-3-4-8-19-15/h3-5,8,14H,6-7,9-13H2,1-2H3,(H,18,20). The number of nitrogens with zero attached hydrogens (tertiary/aromatic N) is 3. The summed E-state index contributed by atoms with van der Waals surface area (Å²) >= 11 is 0. The maximum Gasteiger partial charge on any atom is 0.213 e. The number of aromatic nitrogens is 1. The van der Waals surface area contributed by atoms with Crippen LogP contribution in [-0.2, 0) is 4.74 Å². The van der Waals surface area contributed by atoms with Gasteiger partial charge in [0.1, 0.15) is 6.10 Å². The summed E-state index contributed by atoms with van der Waals surface area (Å²) in [4.78, 5) is 10.9. The third kappa shape index (κ3) is 4.13. The molecule has 23 heavy (non-hydrogen) atoms. The van der Waals surface area contributed by atoms with Gasteiger partial charge in [-0.3, -0.25) is 4.99 Å². The van der Waals surface area contributed by atoms with Gasteiger partial charge in [0.05, 0.1) is 13.2 Å². The lowest BCUT2D eigenvalue weighted by molar-refractivity contribution is 0.160. The monoisotopic (exact) mass is 318 g/mol. The zero-order valence-corrected chi connectivity index (χ0v) is 14.0. The van der Waals surface area contributed by atoms with E-state index in [1.807, 2.05) is 25.2 Å². The van der Waals surface area contributed by atoms with Crippen LogP contribution < -0.4 is 10.1 Å². The molecule has 1 aromatic heterocycles. The van der Waals surface area contributed by atoms with E-state index in [9.17, 15) is 0 Å². The Hall–Kier alpha value is -1.82. The molecule has 0 saturated carbocycles. The summed E-state index contributed by atoms with van der Waals surface area (Å²) in [6, 6.07) is 5.74. The molecule has 2 fully saturated rings. The summed E-state index contributed by atoms with van der Waals surface area (Å²) in [5.74, 6) is 1.64. The van der Waals surface area contributed by atoms with Gasteiger partial charge in [0, 0.05) is 50.8 Å². The van der Waals surface area contributed by atoms with E-state index in [1.54, 1.807) is 6.20 Å². The molecule has 126 valence electrons. The first kappa shape index (κ1) is 16.1. The van der Waals surface area contributed by atoms with Crippen molar-refractivity contribution in [2.45, 2.75) is 25.9 Å². The minimum absolute atomic E-state index is 0.161. The van der Waals surface area contributed by atoms with E-state index in [-0.39, 0.29) is 11.5 Å². The lowest BCUT2D eigenvalue weighted by Gasteiger charge is -2.27. The van der Waals surface area contributed by atoms with Crippen molar-refractivity contribution in [3.05, 3.63) is 24.4 Å². The SMILES string of the molecule is CN=C(NCC1(C)CCOC1)N1CCC(Oc2ccccn2)C1. The summed E-state index contributed by atoms with van der Waals surface area (Å²) in [5.41, 5.74) is 0.208. The van der Waals surface area contributed by atoms with Crippen molar-refractivity contribution in [3.8, 4) is 5.88 Å². The molecule has 3 rings (SSSR count). The van der Waals surface area contributed by atoms with E-state index in [0.717, 1.165) is 51.6 Å². The number of pyridine rings is 1. The van der Waals surface area contributed by atoms with Gasteiger partial charge in [-0.2, -0.15) is 0 Å². The molecule has 2 aliphatic heterocycles. The van der Waals surface area contributed by atoms with E-state index in [1.165, 1.54) is 0 Å². The van der Waals surface area contributed by atoms with Gasteiger partial charge in [-0.05, 0) is 12.5 Å². The molecule has 6 nitrogen and oxygen atoms in total. The largest absolute Gasteiger partial charge is 0.472 e. The number of hydrogen-bond acceptors (Lipinski definition) is 4. The number of hydrogen-bond donors (Lipinski definition) is 1. The van der Waals surface area contributed by atoms with Crippen molar-refractivity contribution < 1.29 is 9.47 Å². The van der Waals surface area contributed by atoms with Crippen LogP contribution in [0.1, 0.15) is 19.8 Å². The van der Waals surface area contributed by atoms with Crippen molar-refractivity contribution in [2.24, 2.45) is 10.4 Å². The minimum atomic E-state index is 0.161. The molecule has 2 saturated heterocycles. The van der Waals surface area contributed by atoms with Gasteiger partial charge < -0.3 is 19.7 Å². The van der Waals surface area contributed by atoms with Crippen LogP contribution in [0.4, 0.5) is 0 Å². The summed E-state index contributed by atoms with van der Waals surface area (Å²) in [7, 11) is 1.84. The van der Waals surface area contributed by atoms with Gasteiger partial charge in [-0.1, -0.05) is 13.0 Å². The Morgan fingerprint density at radius 2 is 2.48 bits per heavy atom. The summed E-state index contributed by atoms with van der Waals surface area (Å²) in [5, 5.41) is 3.50. The topological polar surface area (TPSA) is 59.0 Å². The van der Waals surface area contributed by atoms with Crippen LogP contribution in [0, 0.1) is 5.41 Å². The Labute approximate surface area is 137 Å². The van der Waals surface area contributed by atoms with Gasteiger partial charge in [-0.25, -0.2) is 4.98 Å². The highest BCUT2D eigenvalue weighted by molar-refractivity contribution is 5.80. The molecule has 0 aliphatic carbocycles. The Morgan fingerprint density at radius 1 is 1.57 bits per heavy atom. The van der Waals surface area contributed by atoms with Gasteiger partial charge in [0.2, 0.25) is 5.88 Å². The van der Waals surface area contributed by atoms with Crippen molar-refractivity contribution >= 4 is 5.96 Å². The molecule has 0 amide bonds. The van der Waals surface area contributed by atoms with Crippen molar-refractivity contribution in [1.29, 1.82) is 0 Å². The molecule has 6 heteroatoms. The molecule has 2 unspecified atom stereocenters. The predicted molar refractivity (Wildman–Crippen MR) is 89.7 cm³/mol. The Bertz CT molecular complexity index is 529. The lowest BCUT2D eigenvalue weighted by Crippen LogP contribution is -2.45. The first-order chi connectivity index (χ1) is 11.2. The van der Waals surface area contributed by atoms with E-state index in [4.69, 9.17) is 9.47 Å². The Morgan fingerprint density at radius 3 is 3.17 bits per heavy atom. The molecular weight excluding hydrogens is 292 g/mol. The van der Waals surface area contributed by atoms with E-state index in [0.29, 0.717) is 5.88 Å². The fourth-order valence-corrected chi connectivity index (χ4v) is 3.08. The second-order valence-corrected chi connectivity index (χ2v) is 6.66. The normalized spacial score (nSPS) is 28.2. The number of ether oxygens (including phenoxy) is 2. The summed E-state index contributed by atoms with van der Waals surface area (Å²) < 4.78 is 11.5. The summed E-state index contributed by atoms with van der Waals surface area (Å²) in [6.07, 6.45) is 4.00. The van der Waals surface area contributed by atoms with Crippen molar-refractivity contribution in [2.75, 3.05) is 39.9 Å². The Balaban J connectivity index is 1.50. The molecule has 1 aromatic rings. The van der Waals surface area contributed by atoms with Crippen LogP contribution in [0.5, 0.6) is 5.88 Å². The van der Waals surface area contributed by atoms with Gasteiger partial charge in [0.25, 0.3) is 0 Å². The minimum Gasteiger partial charge on any atom is -0.472 e. The van der Waals surface area contributed by atoms with Crippen molar-refractivity contribution in [3.63, 3.8) is 0 Å². The molecule has 2 aliphatic rings. The van der Waals surface area contributed by atoms with Crippen LogP contribution in [0.15, 0.2) is 29.4 Å². The van der Waals surface area contributed by atoms with Crippen LogP contribution in [0.25, 0.3) is 0 Å². The van der Waals surface area contributed by atoms with E-state index in [2.05, 4.69) is 27.1 Å². The average molecular weight is 318 g/mol. The quantitative estimate of drug-likeness (QED) is 0.674. The fourth-order valence-electron chi connectivity index (χ4n) is 3.08.